The minimum Gasteiger partial charge on any atom is -0.356 e. The number of rotatable bonds is 5. The van der Waals surface area contributed by atoms with Crippen LogP contribution in [0.3, 0.4) is 0 Å². The predicted molar refractivity (Wildman–Crippen MR) is 104 cm³/mol. The van der Waals surface area contributed by atoms with E-state index in [1.807, 2.05) is 37.3 Å². The molecule has 1 unspecified atom stereocenters. The number of nitrogens with zero attached hydrogens (tertiary/aromatic N) is 1. The summed E-state index contributed by atoms with van der Waals surface area (Å²) in [5.41, 5.74) is 1.55. The zero-order valence-corrected chi connectivity index (χ0v) is 15.8. The molecule has 0 saturated carbocycles. The van der Waals surface area contributed by atoms with Gasteiger partial charge in [-0.1, -0.05) is 42.5 Å². The van der Waals surface area contributed by atoms with Crippen molar-refractivity contribution < 1.29 is 14.0 Å². The van der Waals surface area contributed by atoms with E-state index < -0.39 is 5.41 Å². The minimum absolute atomic E-state index is 0.0245. The summed E-state index contributed by atoms with van der Waals surface area (Å²) in [6.07, 6.45) is 1.07. The van der Waals surface area contributed by atoms with Crippen LogP contribution in [-0.2, 0) is 16.0 Å². The normalized spacial score (nSPS) is 19.1. The smallest absolute Gasteiger partial charge is 0.228 e. The summed E-state index contributed by atoms with van der Waals surface area (Å²) in [4.78, 5) is 26.5. The maximum atomic E-state index is 14.4. The van der Waals surface area contributed by atoms with E-state index >= 15 is 0 Å². The van der Waals surface area contributed by atoms with Crippen LogP contribution in [0.1, 0.15) is 25.8 Å². The molecule has 0 aliphatic carbocycles. The summed E-state index contributed by atoms with van der Waals surface area (Å²) in [6, 6.07) is 14.3. The monoisotopic (exact) mass is 368 g/mol. The number of hydrogen-bond donors (Lipinski definition) is 1. The van der Waals surface area contributed by atoms with E-state index in [0.717, 1.165) is 11.1 Å². The Morgan fingerprint density at radius 2 is 1.78 bits per heavy atom. The first-order valence-electron chi connectivity index (χ1n) is 9.33. The summed E-state index contributed by atoms with van der Waals surface area (Å²) in [5, 5.41) is 2.93. The van der Waals surface area contributed by atoms with Gasteiger partial charge in [0.15, 0.2) is 0 Å². The van der Waals surface area contributed by atoms with Crippen LogP contribution in [0.2, 0.25) is 0 Å². The van der Waals surface area contributed by atoms with Crippen molar-refractivity contribution in [3.8, 4) is 11.1 Å². The van der Waals surface area contributed by atoms with Crippen LogP contribution in [-0.4, -0.2) is 36.3 Å². The van der Waals surface area contributed by atoms with Crippen LogP contribution in [0.25, 0.3) is 11.1 Å². The summed E-state index contributed by atoms with van der Waals surface area (Å²) >= 11 is 0. The highest BCUT2D eigenvalue weighted by molar-refractivity contribution is 5.85. The second-order valence-corrected chi connectivity index (χ2v) is 7.14. The van der Waals surface area contributed by atoms with Crippen molar-refractivity contribution in [2.24, 2.45) is 5.41 Å². The van der Waals surface area contributed by atoms with Gasteiger partial charge in [0.25, 0.3) is 0 Å². The van der Waals surface area contributed by atoms with Gasteiger partial charge in [0.05, 0.1) is 5.41 Å². The molecule has 1 N–H and O–H groups in total. The maximum Gasteiger partial charge on any atom is 0.228 e. The third-order valence-electron chi connectivity index (χ3n) is 5.33. The molecule has 3 rings (SSSR count). The number of hydrogen-bond acceptors (Lipinski definition) is 2. The molecule has 142 valence electrons. The number of likely N-dealkylation sites (tertiary alicyclic amines) is 1. The molecule has 1 atom stereocenters. The summed E-state index contributed by atoms with van der Waals surface area (Å²) < 4.78 is 14.4. The van der Waals surface area contributed by atoms with Crippen LogP contribution >= 0.6 is 0 Å². The summed E-state index contributed by atoms with van der Waals surface area (Å²) in [6.45, 7) is 4.90. The molecule has 1 saturated heterocycles. The van der Waals surface area contributed by atoms with Gasteiger partial charge in [-0.15, -0.1) is 0 Å². The lowest BCUT2D eigenvalue weighted by Gasteiger charge is -2.29. The van der Waals surface area contributed by atoms with E-state index in [-0.39, 0.29) is 17.6 Å². The van der Waals surface area contributed by atoms with E-state index in [4.69, 9.17) is 0 Å². The van der Waals surface area contributed by atoms with Crippen LogP contribution in [0.15, 0.2) is 48.5 Å². The van der Waals surface area contributed by atoms with E-state index in [9.17, 15) is 14.0 Å². The van der Waals surface area contributed by atoms with Crippen molar-refractivity contribution in [3.05, 3.63) is 59.9 Å². The van der Waals surface area contributed by atoms with Crippen molar-refractivity contribution in [2.45, 2.75) is 26.7 Å². The van der Waals surface area contributed by atoms with E-state index in [0.29, 0.717) is 38.0 Å². The maximum absolute atomic E-state index is 14.4. The first-order valence-corrected chi connectivity index (χ1v) is 9.33. The van der Waals surface area contributed by atoms with Gasteiger partial charge in [0, 0.05) is 32.1 Å². The van der Waals surface area contributed by atoms with Crippen molar-refractivity contribution >= 4 is 11.8 Å². The highest BCUT2D eigenvalue weighted by Gasteiger charge is 2.45. The fraction of sp³-hybridized carbons (Fsp3) is 0.364. The molecule has 1 fully saturated rings. The molecule has 0 aromatic heterocycles. The number of benzene rings is 2. The quantitative estimate of drug-likeness (QED) is 0.879. The average Bonchev–Trinajstić information content (AvgIpc) is 3.09. The van der Waals surface area contributed by atoms with Gasteiger partial charge in [0.2, 0.25) is 11.8 Å². The molecule has 0 bridgehead atoms. The van der Waals surface area contributed by atoms with Gasteiger partial charge in [-0.05, 0) is 37.0 Å². The Kier molecular flexibility index (Phi) is 5.59. The molecular weight excluding hydrogens is 343 g/mol. The number of halogens is 1. The Morgan fingerprint density at radius 3 is 2.41 bits per heavy atom. The summed E-state index contributed by atoms with van der Waals surface area (Å²) in [7, 11) is 0. The lowest BCUT2D eigenvalue weighted by atomic mass is 9.78. The molecule has 1 aliphatic rings. The lowest BCUT2D eigenvalue weighted by molar-refractivity contribution is -0.132. The molecule has 2 aromatic rings. The molecule has 2 aromatic carbocycles. The van der Waals surface area contributed by atoms with Gasteiger partial charge in [0.1, 0.15) is 5.82 Å². The molecule has 0 radical (unpaired) electrons. The van der Waals surface area contributed by atoms with Gasteiger partial charge in [-0.3, -0.25) is 9.59 Å². The Bertz CT molecular complexity index is 852. The first kappa shape index (κ1) is 19.1. The van der Waals surface area contributed by atoms with Crippen molar-refractivity contribution in [3.63, 3.8) is 0 Å². The first-order chi connectivity index (χ1) is 13.0. The van der Waals surface area contributed by atoms with Crippen molar-refractivity contribution in [1.82, 2.24) is 10.2 Å². The highest BCUT2D eigenvalue weighted by Crippen LogP contribution is 2.38. The van der Waals surface area contributed by atoms with Crippen LogP contribution in [0.5, 0.6) is 0 Å². The molecule has 4 nitrogen and oxygen atoms in total. The topological polar surface area (TPSA) is 49.4 Å². The minimum atomic E-state index is -0.691. The van der Waals surface area contributed by atoms with Crippen molar-refractivity contribution in [1.29, 1.82) is 0 Å². The van der Waals surface area contributed by atoms with E-state index in [2.05, 4.69) is 5.32 Å². The third kappa shape index (κ3) is 3.87. The number of carbonyl (C=O) groups is 2. The SMILES string of the molecule is CCNC(=O)C1(Cc2ccccc2-c2ccccc2F)CCN(C(C)=O)C1. The molecule has 0 spiro atoms. The van der Waals surface area contributed by atoms with Gasteiger partial charge in [-0.25, -0.2) is 4.39 Å². The fourth-order valence-electron chi connectivity index (χ4n) is 3.88. The Balaban J connectivity index is 2.00. The zero-order valence-electron chi connectivity index (χ0n) is 15.8. The average molecular weight is 368 g/mol. The second kappa shape index (κ2) is 7.91. The molecule has 5 heteroatoms. The Morgan fingerprint density at radius 1 is 1.11 bits per heavy atom. The zero-order chi connectivity index (χ0) is 19.4. The molecule has 1 aliphatic heterocycles. The largest absolute Gasteiger partial charge is 0.356 e. The molecular formula is C22H25FN2O2. The number of amides is 2. The number of nitrogens with one attached hydrogen (secondary N) is 1. The molecule has 1 heterocycles. The van der Waals surface area contributed by atoms with Crippen LogP contribution in [0, 0.1) is 11.2 Å². The van der Waals surface area contributed by atoms with Gasteiger partial charge >= 0.3 is 0 Å². The van der Waals surface area contributed by atoms with Crippen molar-refractivity contribution in [2.75, 3.05) is 19.6 Å². The predicted octanol–water partition coefficient (Wildman–Crippen LogP) is 3.41. The van der Waals surface area contributed by atoms with Gasteiger partial charge < -0.3 is 10.2 Å². The lowest BCUT2D eigenvalue weighted by Crippen LogP contribution is -2.45. The standard InChI is InChI=1S/C22H25FN2O2/c1-3-24-21(27)22(12-13-25(15-22)16(2)26)14-17-8-4-5-9-18(17)19-10-6-7-11-20(19)23/h4-11H,3,12-15H2,1-2H3,(H,24,27). The van der Waals surface area contributed by atoms with Gasteiger partial charge in [-0.2, -0.15) is 0 Å². The Hall–Kier alpha value is -2.69. The Labute approximate surface area is 159 Å². The highest BCUT2D eigenvalue weighted by atomic mass is 19.1. The fourth-order valence-corrected chi connectivity index (χ4v) is 3.88. The summed E-state index contributed by atoms with van der Waals surface area (Å²) in [5.74, 6) is -0.352. The van der Waals surface area contributed by atoms with Crippen LogP contribution in [0.4, 0.5) is 4.39 Å². The number of carbonyl (C=O) groups excluding carboxylic acids is 2. The third-order valence-corrected chi connectivity index (χ3v) is 5.33. The van der Waals surface area contributed by atoms with E-state index in [1.165, 1.54) is 13.0 Å². The molecule has 2 amide bonds. The second-order valence-electron chi connectivity index (χ2n) is 7.14. The van der Waals surface area contributed by atoms with Crippen LogP contribution < -0.4 is 5.32 Å². The van der Waals surface area contributed by atoms with E-state index in [1.54, 1.807) is 17.0 Å². The molecule has 27 heavy (non-hydrogen) atoms.